The largest absolute Gasteiger partial charge is 0.507 e. The number of rotatable bonds is 0. The number of nitriles is 2. The summed E-state index contributed by atoms with van der Waals surface area (Å²) < 4.78 is 0. The van der Waals surface area contributed by atoms with Crippen LogP contribution in [0.5, 0.6) is 5.75 Å². The van der Waals surface area contributed by atoms with E-state index in [1.54, 1.807) is 18.2 Å². The van der Waals surface area contributed by atoms with Crippen LogP contribution in [0.1, 0.15) is 43.9 Å². The monoisotopic (exact) mass is 306 g/mol. The molecule has 0 saturated heterocycles. The summed E-state index contributed by atoms with van der Waals surface area (Å²) in [6.07, 6.45) is 3.33. The van der Waals surface area contributed by atoms with Crippen molar-refractivity contribution in [1.29, 1.82) is 10.5 Å². The first-order chi connectivity index (χ1) is 10.8. The van der Waals surface area contributed by atoms with Gasteiger partial charge in [-0.15, -0.1) is 0 Å². The van der Waals surface area contributed by atoms with Gasteiger partial charge in [-0.1, -0.05) is 26.8 Å². The minimum atomic E-state index is -0.629. The van der Waals surface area contributed by atoms with Crippen molar-refractivity contribution >= 4 is 5.78 Å². The van der Waals surface area contributed by atoms with E-state index >= 15 is 0 Å². The predicted octanol–water partition coefficient (Wildman–Crippen LogP) is 3.14. The van der Waals surface area contributed by atoms with Gasteiger partial charge in [-0.2, -0.15) is 10.5 Å². The fourth-order valence-corrected chi connectivity index (χ4v) is 4.46. The molecule has 0 saturated carbocycles. The first-order valence-corrected chi connectivity index (χ1v) is 7.70. The Bertz CT molecular complexity index is 836. The van der Waals surface area contributed by atoms with Crippen molar-refractivity contribution < 1.29 is 9.90 Å². The molecule has 1 aromatic carbocycles. The Balaban J connectivity index is 2.30. The van der Waals surface area contributed by atoms with E-state index in [4.69, 9.17) is 5.26 Å². The lowest BCUT2D eigenvalue weighted by Gasteiger charge is -2.51. The molecular weight excluding hydrogens is 288 g/mol. The molecule has 0 aliphatic heterocycles. The molecule has 2 atom stereocenters. The van der Waals surface area contributed by atoms with Crippen LogP contribution in [0.25, 0.3) is 0 Å². The van der Waals surface area contributed by atoms with E-state index in [0.29, 0.717) is 0 Å². The lowest BCUT2D eigenvalue weighted by atomic mass is 9.51. The van der Waals surface area contributed by atoms with Crippen LogP contribution in [0.15, 0.2) is 23.8 Å². The molecule has 4 nitrogen and oxygen atoms in total. The molecule has 2 aliphatic carbocycles. The normalized spacial score (nSPS) is 28.0. The molecule has 0 aromatic heterocycles. The number of nitrogens with zero attached hydrogens (tertiary/aromatic N) is 2. The van der Waals surface area contributed by atoms with E-state index in [1.165, 1.54) is 0 Å². The van der Waals surface area contributed by atoms with Crippen LogP contribution in [0, 0.1) is 34.0 Å². The van der Waals surface area contributed by atoms with Gasteiger partial charge in [0.1, 0.15) is 17.9 Å². The molecule has 116 valence electrons. The summed E-state index contributed by atoms with van der Waals surface area (Å²) in [5.41, 5.74) is 1.25. The summed E-state index contributed by atoms with van der Waals surface area (Å²) in [4.78, 5) is 12.6. The van der Waals surface area contributed by atoms with Crippen LogP contribution >= 0.6 is 0 Å². The zero-order chi connectivity index (χ0) is 17.0. The second-order valence-corrected chi connectivity index (χ2v) is 7.23. The van der Waals surface area contributed by atoms with Gasteiger partial charge >= 0.3 is 0 Å². The Hall–Kier alpha value is -2.59. The van der Waals surface area contributed by atoms with Crippen LogP contribution in [-0.2, 0) is 16.6 Å². The standard InChI is InChI=1S/C19H18N2O2/c1-18(2)16-5-4-11-6-12(9-20)15(22)7-14(11)19(16,3)8-13(10-21)17(18)23/h6-8,16,22H,4-5H2,1-3H3/t16-,19+/m0/s1. The maximum Gasteiger partial charge on any atom is 0.178 e. The second kappa shape index (κ2) is 4.70. The van der Waals surface area contributed by atoms with Crippen molar-refractivity contribution in [3.8, 4) is 17.9 Å². The van der Waals surface area contributed by atoms with Crippen LogP contribution < -0.4 is 0 Å². The lowest BCUT2D eigenvalue weighted by Crippen LogP contribution is -2.51. The van der Waals surface area contributed by atoms with Gasteiger partial charge in [0.2, 0.25) is 0 Å². The number of phenolic OH excluding ortho intramolecular Hbond substituents is 1. The summed E-state index contributed by atoms with van der Waals surface area (Å²) >= 11 is 0. The van der Waals surface area contributed by atoms with Gasteiger partial charge in [-0.05, 0) is 42.0 Å². The predicted molar refractivity (Wildman–Crippen MR) is 84.5 cm³/mol. The van der Waals surface area contributed by atoms with Crippen molar-refractivity contribution in [2.45, 2.75) is 39.0 Å². The van der Waals surface area contributed by atoms with E-state index in [2.05, 4.69) is 0 Å². The number of allylic oxidation sites excluding steroid dienone is 2. The number of benzene rings is 1. The Morgan fingerprint density at radius 3 is 2.52 bits per heavy atom. The number of carbonyl (C=O) groups is 1. The summed E-state index contributed by atoms with van der Waals surface area (Å²) in [6.45, 7) is 5.82. The van der Waals surface area contributed by atoms with Crippen molar-refractivity contribution in [3.63, 3.8) is 0 Å². The van der Waals surface area contributed by atoms with Gasteiger partial charge in [0.25, 0.3) is 0 Å². The van der Waals surface area contributed by atoms with Crippen molar-refractivity contribution in [2.75, 3.05) is 0 Å². The smallest absolute Gasteiger partial charge is 0.178 e. The summed E-state index contributed by atoms with van der Waals surface area (Å²) in [5, 5.41) is 28.6. The second-order valence-electron chi connectivity index (χ2n) is 7.23. The molecule has 23 heavy (non-hydrogen) atoms. The average Bonchev–Trinajstić information content (AvgIpc) is 2.51. The highest BCUT2D eigenvalue weighted by Gasteiger charge is 2.53. The van der Waals surface area contributed by atoms with E-state index < -0.39 is 10.8 Å². The van der Waals surface area contributed by atoms with Gasteiger partial charge in [0, 0.05) is 10.8 Å². The highest BCUT2D eigenvalue weighted by atomic mass is 16.3. The maximum absolute atomic E-state index is 12.6. The summed E-state index contributed by atoms with van der Waals surface area (Å²) in [5.74, 6) is -0.0991. The molecule has 0 spiro atoms. The Morgan fingerprint density at radius 2 is 1.91 bits per heavy atom. The van der Waals surface area contributed by atoms with Crippen LogP contribution in [-0.4, -0.2) is 10.9 Å². The van der Waals surface area contributed by atoms with Gasteiger partial charge in [0.05, 0.1) is 11.1 Å². The number of aromatic hydroxyl groups is 1. The summed E-state index contributed by atoms with van der Waals surface area (Å²) in [7, 11) is 0. The van der Waals surface area contributed by atoms with E-state index in [0.717, 1.165) is 24.0 Å². The van der Waals surface area contributed by atoms with E-state index in [-0.39, 0.29) is 28.6 Å². The molecular formula is C19H18N2O2. The molecule has 0 heterocycles. The Kier molecular flexibility index (Phi) is 3.13. The van der Waals surface area contributed by atoms with Gasteiger partial charge in [0.15, 0.2) is 5.78 Å². The molecule has 2 aliphatic rings. The number of hydrogen-bond acceptors (Lipinski definition) is 4. The van der Waals surface area contributed by atoms with Crippen LogP contribution in [0.3, 0.4) is 0 Å². The molecule has 0 radical (unpaired) electrons. The zero-order valence-corrected chi connectivity index (χ0v) is 13.5. The number of ketones is 1. The highest BCUT2D eigenvalue weighted by Crippen LogP contribution is 2.55. The topological polar surface area (TPSA) is 84.9 Å². The molecule has 1 N–H and O–H groups in total. The molecule has 0 unspecified atom stereocenters. The average molecular weight is 306 g/mol. The van der Waals surface area contributed by atoms with Gasteiger partial charge in [-0.3, -0.25) is 4.79 Å². The highest BCUT2D eigenvalue weighted by molar-refractivity contribution is 6.04. The minimum Gasteiger partial charge on any atom is -0.507 e. The Morgan fingerprint density at radius 1 is 1.22 bits per heavy atom. The quantitative estimate of drug-likeness (QED) is 0.798. The number of fused-ring (bicyclic) bond motifs is 3. The minimum absolute atomic E-state index is 0.0465. The first kappa shape index (κ1) is 15.3. The zero-order valence-electron chi connectivity index (χ0n) is 13.5. The molecule has 1 aromatic rings. The first-order valence-electron chi connectivity index (χ1n) is 7.70. The third kappa shape index (κ3) is 1.92. The fraction of sp³-hybridized carbons (Fsp3) is 0.421. The number of aryl methyl sites for hydroxylation is 1. The molecule has 4 heteroatoms. The molecule has 0 fully saturated rings. The number of Topliss-reactive ketones (excluding diaryl/α,β-unsaturated/α-hetero) is 1. The third-order valence-electron chi connectivity index (χ3n) is 5.61. The van der Waals surface area contributed by atoms with E-state index in [1.807, 2.05) is 32.9 Å². The van der Waals surface area contributed by atoms with Gasteiger partial charge in [-0.25, -0.2) is 0 Å². The number of carbonyl (C=O) groups excluding carboxylic acids is 1. The molecule has 0 amide bonds. The van der Waals surface area contributed by atoms with Crippen molar-refractivity contribution in [3.05, 3.63) is 40.5 Å². The van der Waals surface area contributed by atoms with Crippen LogP contribution in [0.2, 0.25) is 0 Å². The fourth-order valence-electron chi connectivity index (χ4n) is 4.46. The summed E-state index contributed by atoms with van der Waals surface area (Å²) in [6, 6.07) is 7.40. The number of hydrogen-bond donors (Lipinski definition) is 1. The van der Waals surface area contributed by atoms with Gasteiger partial charge < -0.3 is 5.11 Å². The Labute approximate surface area is 135 Å². The maximum atomic E-state index is 12.6. The third-order valence-corrected chi connectivity index (χ3v) is 5.61. The van der Waals surface area contributed by atoms with E-state index in [9.17, 15) is 15.2 Å². The number of phenols is 1. The molecule has 0 bridgehead atoms. The van der Waals surface area contributed by atoms with Crippen molar-refractivity contribution in [2.24, 2.45) is 11.3 Å². The van der Waals surface area contributed by atoms with Crippen LogP contribution in [0.4, 0.5) is 0 Å². The SMILES string of the molecule is CC1(C)C(=O)C(C#N)=C[C@]2(C)c3cc(O)c(C#N)cc3CC[C@@H]12. The lowest BCUT2D eigenvalue weighted by molar-refractivity contribution is -0.128. The van der Waals surface area contributed by atoms with Crippen molar-refractivity contribution in [1.82, 2.24) is 0 Å². The molecule has 3 rings (SSSR count).